The first kappa shape index (κ1) is 19.2. The molecule has 27 heavy (non-hydrogen) atoms. The van der Waals surface area contributed by atoms with E-state index in [0.29, 0.717) is 5.95 Å². The molecule has 3 aromatic rings. The maximum Gasteiger partial charge on any atom is 0.224 e. The second-order valence-electron chi connectivity index (χ2n) is 6.54. The zero-order valence-electron chi connectivity index (χ0n) is 15.6. The molecule has 0 aliphatic carbocycles. The number of aryl methyl sites for hydroxylation is 2. The molecule has 0 unspecified atom stereocenters. The van der Waals surface area contributed by atoms with E-state index < -0.39 is 0 Å². The average Bonchev–Trinajstić information content (AvgIpc) is 2.66. The van der Waals surface area contributed by atoms with E-state index in [1.165, 1.54) is 11.1 Å². The molecule has 2 N–H and O–H groups in total. The number of benzene rings is 2. The lowest BCUT2D eigenvalue weighted by molar-refractivity contribution is 0.851. The fraction of sp³-hybridized carbons (Fsp3) is 0.273. The summed E-state index contributed by atoms with van der Waals surface area (Å²) in [5.74, 6) is 1.52. The molecule has 4 nitrogen and oxygen atoms in total. The highest BCUT2D eigenvalue weighted by molar-refractivity contribution is 6.30. The predicted octanol–water partition coefficient (Wildman–Crippen LogP) is 5.14. The first-order chi connectivity index (χ1) is 13.2. The minimum Gasteiger partial charge on any atom is -0.370 e. The molecule has 0 saturated heterocycles. The number of nitrogens with zero attached hydrogens (tertiary/aromatic N) is 2. The van der Waals surface area contributed by atoms with Crippen molar-refractivity contribution < 1.29 is 0 Å². The van der Waals surface area contributed by atoms with Crippen LogP contribution in [0.1, 0.15) is 23.2 Å². The Hall–Kier alpha value is -2.59. The summed E-state index contributed by atoms with van der Waals surface area (Å²) in [7, 11) is 0. The van der Waals surface area contributed by atoms with Crippen LogP contribution in [0.5, 0.6) is 0 Å². The van der Waals surface area contributed by atoms with Crippen molar-refractivity contribution in [3.05, 3.63) is 82.5 Å². The Labute approximate surface area is 166 Å². The van der Waals surface area contributed by atoms with E-state index in [2.05, 4.69) is 50.9 Å². The average molecular weight is 381 g/mol. The van der Waals surface area contributed by atoms with Gasteiger partial charge in [0, 0.05) is 29.9 Å². The highest BCUT2D eigenvalue weighted by Gasteiger charge is 2.03. The Morgan fingerprint density at radius 2 is 1.63 bits per heavy atom. The maximum absolute atomic E-state index is 6.03. The van der Waals surface area contributed by atoms with Crippen molar-refractivity contribution >= 4 is 23.4 Å². The van der Waals surface area contributed by atoms with E-state index in [0.717, 1.165) is 48.9 Å². The molecule has 0 atom stereocenters. The molecule has 0 amide bonds. The summed E-state index contributed by atoms with van der Waals surface area (Å²) in [6, 6.07) is 20.4. The van der Waals surface area contributed by atoms with Crippen molar-refractivity contribution in [2.45, 2.75) is 26.2 Å². The smallest absolute Gasteiger partial charge is 0.224 e. The molecular formula is C22H25ClN4. The number of hydrogen-bond acceptors (Lipinski definition) is 4. The van der Waals surface area contributed by atoms with Crippen molar-refractivity contribution in [1.29, 1.82) is 0 Å². The largest absolute Gasteiger partial charge is 0.370 e. The Morgan fingerprint density at radius 3 is 2.44 bits per heavy atom. The van der Waals surface area contributed by atoms with Crippen molar-refractivity contribution in [3.63, 3.8) is 0 Å². The van der Waals surface area contributed by atoms with Crippen LogP contribution in [0, 0.1) is 6.92 Å². The lowest BCUT2D eigenvalue weighted by Crippen LogP contribution is -2.11. The van der Waals surface area contributed by atoms with Crippen molar-refractivity contribution in [2.75, 3.05) is 23.7 Å². The molecule has 140 valence electrons. The van der Waals surface area contributed by atoms with Crippen LogP contribution >= 0.6 is 11.6 Å². The van der Waals surface area contributed by atoms with Gasteiger partial charge in [0.25, 0.3) is 0 Å². The minimum atomic E-state index is 0.674. The molecule has 0 fully saturated rings. The van der Waals surface area contributed by atoms with Gasteiger partial charge in [0.2, 0.25) is 5.95 Å². The lowest BCUT2D eigenvalue weighted by atomic mass is 10.1. The highest BCUT2D eigenvalue weighted by atomic mass is 35.5. The van der Waals surface area contributed by atoms with Crippen LogP contribution in [-0.4, -0.2) is 23.1 Å². The molecule has 0 bridgehead atoms. The summed E-state index contributed by atoms with van der Waals surface area (Å²) >= 11 is 6.03. The van der Waals surface area contributed by atoms with Gasteiger partial charge in [0.15, 0.2) is 0 Å². The van der Waals surface area contributed by atoms with Crippen LogP contribution in [0.15, 0.2) is 60.7 Å². The molecule has 0 saturated carbocycles. The van der Waals surface area contributed by atoms with Crippen molar-refractivity contribution in [3.8, 4) is 0 Å². The summed E-state index contributed by atoms with van der Waals surface area (Å²) < 4.78 is 0. The van der Waals surface area contributed by atoms with Gasteiger partial charge in [-0.3, -0.25) is 0 Å². The Morgan fingerprint density at radius 1 is 0.815 bits per heavy atom. The number of hydrogen-bond donors (Lipinski definition) is 2. The molecule has 0 radical (unpaired) electrons. The van der Waals surface area contributed by atoms with E-state index >= 15 is 0 Å². The second-order valence-corrected chi connectivity index (χ2v) is 6.98. The number of rotatable bonds is 9. The van der Waals surface area contributed by atoms with Crippen LogP contribution in [0.4, 0.5) is 11.8 Å². The molecule has 0 spiro atoms. The van der Waals surface area contributed by atoms with Gasteiger partial charge in [-0.15, -0.1) is 0 Å². The second kappa shape index (κ2) is 9.93. The fourth-order valence-electron chi connectivity index (χ4n) is 2.90. The third kappa shape index (κ3) is 6.57. The van der Waals surface area contributed by atoms with Gasteiger partial charge in [-0.2, -0.15) is 4.98 Å². The van der Waals surface area contributed by atoms with Crippen LogP contribution < -0.4 is 10.6 Å². The summed E-state index contributed by atoms with van der Waals surface area (Å²) in [6.45, 7) is 3.63. The molecular weight excluding hydrogens is 356 g/mol. The standard InChI is InChI=1S/C22H25ClN4/c1-17-15-21(24-14-12-19-9-5-11-20(23)16-19)27-22(26-17)25-13-6-10-18-7-3-2-4-8-18/h2-5,7-9,11,15-16H,6,10,12-14H2,1H3,(H2,24,25,26,27). The molecule has 1 heterocycles. The van der Waals surface area contributed by atoms with Gasteiger partial charge in [-0.25, -0.2) is 4.98 Å². The normalized spacial score (nSPS) is 10.6. The van der Waals surface area contributed by atoms with Crippen LogP contribution in [0.25, 0.3) is 0 Å². The zero-order valence-corrected chi connectivity index (χ0v) is 16.3. The van der Waals surface area contributed by atoms with Gasteiger partial charge < -0.3 is 10.6 Å². The summed E-state index contributed by atoms with van der Waals surface area (Å²) in [5, 5.41) is 7.48. The molecule has 0 aliphatic rings. The SMILES string of the molecule is Cc1cc(NCCc2cccc(Cl)c2)nc(NCCCc2ccccc2)n1. The number of halogens is 1. The topological polar surface area (TPSA) is 49.8 Å². The molecule has 2 aromatic carbocycles. The number of aromatic nitrogens is 2. The van der Waals surface area contributed by atoms with Gasteiger partial charge in [0.1, 0.15) is 5.82 Å². The summed E-state index contributed by atoms with van der Waals surface area (Å²) in [6.07, 6.45) is 2.98. The van der Waals surface area contributed by atoms with Crippen molar-refractivity contribution in [2.24, 2.45) is 0 Å². The monoisotopic (exact) mass is 380 g/mol. The Balaban J connectivity index is 1.46. The quantitative estimate of drug-likeness (QED) is 0.505. The first-order valence-electron chi connectivity index (χ1n) is 9.31. The van der Waals surface area contributed by atoms with E-state index in [1.807, 2.05) is 37.3 Å². The van der Waals surface area contributed by atoms with Crippen LogP contribution in [0.2, 0.25) is 5.02 Å². The van der Waals surface area contributed by atoms with Gasteiger partial charge in [-0.05, 0) is 49.4 Å². The van der Waals surface area contributed by atoms with Crippen molar-refractivity contribution in [1.82, 2.24) is 9.97 Å². The molecule has 5 heteroatoms. The number of anilines is 2. The highest BCUT2D eigenvalue weighted by Crippen LogP contribution is 2.13. The maximum atomic E-state index is 6.03. The first-order valence-corrected chi connectivity index (χ1v) is 9.68. The Bertz CT molecular complexity index is 852. The Kier molecular flexibility index (Phi) is 7.05. The molecule has 0 aliphatic heterocycles. The zero-order chi connectivity index (χ0) is 18.9. The predicted molar refractivity (Wildman–Crippen MR) is 114 cm³/mol. The van der Waals surface area contributed by atoms with Gasteiger partial charge >= 0.3 is 0 Å². The minimum absolute atomic E-state index is 0.674. The molecule has 3 rings (SSSR count). The fourth-order valence-corrected chi connectivity index (χ4v) is 3.12. The third-order valence-corrected chi connectivity index (χ3v) is 4.47. The van der Waals surface area contributed by atoms with Crippen LogP contribution in [-0.2, 0) is 12.8 Å². The lowest BCUT2D eigenvalue weighted by Gasteiger charge is -2.10. The summed E-state index contributed by atoms with van der Waals surface area (Å²) in [4.78, 5) is 9.04. The van der Waals surface area contributed by atoms with E-state index in [9.17, 15) is 0 Å². The summed E-state index contributed by atoms with van der Waals surface area (Å²) in [5.41, 5.74) is 3.51. The van der Waals surface area contributed by atoms with E-state index in [1.54, 1.807) is 0 Å². The third-order valence-electron chi connectivity index (χ3n) is 4.23. The van der Waals surface area contributed by atoms with Gasteiger partial charge in [0.05, 0.1) is 0 Å². The molecule has 1 aromatic heterocycles. The van der Waals surface area contributed by atoms with Crippen LogP contribution in [0.3, 0.4) is 0 Å². The van der Waals surface area contributed by atoms with Gasteiger partial charge in [-0.1, -0.05) is 54.1 Å². The number of nitrogens with one attached hydrogen (secondary N) is 2. The van der Waals surface area contributed by atoms with E-state index in [-0.39, 0.29) is 0 Å². The van der Waals surface area contributed by atoms with E-state index in [4.69, 9.17) is 11.6 Å².